The first-order chi connectivity index (χ1) is 10.3. The van der Waals surface area contributed by atoms with Gasteiger partial charge in [0.05, 0.1) is 0 Å². The van der Waals surface area contributed by atoms with Gasteiger partial charge in [-0.05, 0) is 41.5 Å². The predicted octanol–water partition coefficient (Wildman–Crippen LogP) is 4.25. The molecule has 0 spiro atoms. The Balaban J connectivity index is 1.75. The van der Waals surface area contributed by atoms with E-state index in [0.717, 1.165) is 11.1 Å². The van der Waals surface area contributed by atoms with Crippen LogP contribution in [0.3, 0.4) is 0 Å². The van der Waals surface area contributed by atoms with E-state index in [-0.39, 0.29) is 5.91 Å². The van der Waals surface area contributed by atoms with Crippen LogP contribution in [0.4, 0.5) is 0 Å². The maximum absolute atomic E-state index is 12.3. The van der Waals surface area contributed by atoms with Gasteiger partial charge in [0.25, 0.3) is 5.91 Å². The van der Waals surface area contributed by atoms with E-state index >= 15 is 0 Å². The van der Waals surface area contributed by atoms with Gasteiger partial charge in [-0.25, -0.2) is 0 Å². The summed E-state index contributed by atoms with van der Waals surface area (Å²) in [5.74, 6) is -0.0261. The summed E-state index contributed by atoms with van der Waals surface area (Å²) in [4.78, 5) is 13.9. The van der Waals surface area contributed by atoms with Crippen LogP contribution in [0.5, 0.6) is 0 Å². The highest BCUT2D eigenvalue weighted by Gasteiger charge is 2.12. The average Bonchev–Trinajstić information content (AvgIpc) is 2.57. The molecule has 102 valence electrons. The topological polar surface area (TPSA) is 20.3 Å². The largest absolute Gasteiger partial charge is 0.291 e. The van der Waals surface area contributed by atoms with E-state index in [1.165, 1.54) is 0 Å². The van der Waals surface area contributed by atoms with Gasteiger partial charge in [-0.2, -0.15) is 0 Å². The zero-order chi connectivity index (χ0) is 14.5. The van der Waals surface area contributed by atoms with E-state index < -0.39 is 0 Å². The molecule has 0 aliphatic carbocycles. The molecule has 0 unspecified atom stereocenters. The van der Waals surface area contributed by atoms with Gasteiger partial charge in [-0.15, -0.1) is 0 Å². The van der Waals surface area contributed by atoms with Gasteiger partial charge in [0, 0.05) is 18.0 Å². The third kappa shape index (κ3) is 3.18. The van der Waals surface area contributed by atoms with E-state index in [0.29, 0.717) is 5.56 Å². The molecule has 2 heteroatoms. The Bertz CT molecular complexity index is 696. The molecule has 1 aliphatic heterocycles. The molecule has 0 bridgehead atoms. The fourth-order valence-electron chi connectivity index (χ4n) is 2.14. The SMILES string of the molecule is O=C(c1ccccc1)N1C=CC(=Cc2ccccc2)C=C1. The second kappa shape index (κ2) is 6.06. The molecule has 0 saturated carbocycles. The Morgan fingerprint density at radius 1 is 0.810 bits per heavy atom. The van der Waals surface area contributed by atoms with Crippen LogP contribution in [0, 0.1) is 0 Å². The van der Waals surface area contributed by atoms with Crippen molar-refractivity contribution in [3.05, 3.63) is 102 Å². The second-order valence-electron chi connectivity index (χ2n) is 4.76. The van der Waals surface area contributed by atoms with E-state index in [2.05, 4.69) is 18.2 Å². The number of nitrogens with zero attached hydrogens (tertiary/aromatic N) is 1. The van der Waals surface area contributed by atoms with Crippen molar-refractivity contribution in [2.24, 2.45) is 0 Å². The van der Waals surface area contributed by atoms with Crippen LogP contribution in [0.15, 0.2) is 90.8 Å². The lowest BCUT2D eigenvalue weighted by molar-refractivity contribution is 0.0868. The van der Waals surface area contributed by atoms with Crippen molar-refractivity contribution in [1.29, 1.82) is 0 Å². The number of hydrogen-bond donors (Lipinski definition) is 0. The Labute approximate surface area is 124 Å². The molecule has 0 N–H and O–H groups in total. The first-order valence-electron chi connectivity index (χ1n) is 6.84. The fourth-order valence-corrected chi connectivity index (χ4v) is 2.14. The van der Waals surface area contributed by atoms with Crippen molar-refractivity contribution < 1.29 is 4.79 Å². The molecular weight excluding hydrogens is 258 g/mol. The minimum atomic E-state index is -0.0261. The lowest BCUT2D eigenvalue weighted by Crippen LogP contribution is -2.21. The molecule has 0 saturated heterocycles. The average molecular weight is 273 g/mol. The summed E-state index contributed by atoms with van der Waals surface area (Å²) in [5, 5.41) is 0. The minimum Gasteiger partial charge on any atom is -0.291 e. The smallest absolute Gasteiger partial charge is 0.261 e. The second-order valence-corrected chi connectivity index (χ2v) is 4.76. The summed E-state index contributed by atoms with van der Waals surface area (Å²) >= 11 is 0. The van der Waals surface area contributed by atoms with Crippen LogP contribution in [0.2, 0.25) is 0 Å². The Morgan fingerprint density at radius 2 is 1.38 bits per heavy atom. The van der Waals surface area contributed by atoms with E-state index in [4.69, 9.17) is 0 Å². The third-order valence-corrected chi connectivity index (χ3v) is 3.24. The summed E-state index contributed by atoms with van der Waals surface area (Å²) in [6.07, 6.45) is 9.55. The maximum atomic E-state index is 12.3. The number of carbonyl (C=O) groups is 1. The highest BCUT2D eigenvalue weighted by atomic mass is 16.2. The molecule has 1 aliphatic rings. The van der Waals surface area contributed by atoms with Crippen LogP contribution in [0.1, 0.15) is 15.9 Å². The quantitative estimate of drug-likeness (QED) is 0.801. The summed E-state index contributed by atoms with van der Waals surface area (Å²) in [6.45, 7) is 0. The molecule has 1 amide bonds. The molecule has 0 radical (unpaired) electrons. The normalized spacial score (nSPS) is 13.3. The molecule has 0 aromatic heterocycles. The number of amides is 1. The standard InChI is InChI=1S/C19H15NO/c21-19(18-9-5-2-6-10-18)20-13-11-17(12-14-20)15-16-7-3-1-4-8-16/h1-15H. The van der Waals surface area contributed by atoms with Gasteiger partial charge < -0.3 is 0 Å². The highest BCUT2D eigenvalue weighted by Crippen LogP contribution is 2.16. The number of carbonyl (C=O) groups excluding carboxylic acids is 1. The Kier molecular flexibility index (Phi) is 3.79. The first-order valence-corrected chi connectivity index (χ1v) is 6.84. The van der Waals surface area contributed by atoms with Crippen LogP contribution in [0.25, 0.3) is 6.08 Å². The number of benzene rings is 2. The predicted molar refractivity (Wildman–Crippen MR) is 85.3 cm³/mol. The van der Waals surface area contributed by atoms with Crippen molar-refractivity contribution in [3.63, 3.8) is 0 Å². The number of allylic oxidation sites excluding steroid dienone is 3. The van der Waals surface area contributed by atoms with Gasteiger partial charge in [-0.3, -0.25) is 9.69 Å². The molecule has 21 heavy (non-hydrogen) atoms. The van der Waals surface area contributed by atoms with Gasteiger partial charge in [0.15, 0.2) is 0 Å². The van der Waals surface area contributed by atoms with Crippen molar-refractivity contribution >= 4 is 12.0 Å². The Hall–Kier alpha value is -2.87. The minimum absolute atomic E-state index is 0.0261. The molecule has 2 aromatic rings. The fraction of sp³-hybridized carbons (Fsp3) is 0. The van der Waals surface area contributed by atoms with E-state index in [1.54, 1.807) is 17.3 Å². The Morgan fingerprint density at radius 3 is 2.00 bits per heavy atom. The first kappa shape index (κ1) is 13.1. The monoisotopic (exact) mass is 273 g/mol. The maximum Gasteiger partial charge on any atom is 0.261 e. The molecule has 3 rings (SSSR count). The van der Waals surface area contributed by atoms with Gasteiger partial charge in [0.2, 0.25) is 0 Å². The zero-order valence-corrected chi connectivity index (χ0v) is 11.5. The number of rotatable bonds is 2. The van der Waals surface area contributed by atoms with Crippen molar-refractivity contribution in [2.75, 3.05) is 0 Å². The van der Waals surface area contributed by atoms with E-state index in [1.807, 2.05) is 60.7 Å². The number of hydrogen-bond acceptors (Lipinski definition) is 1. The van der Waals surface area contributed by atoms with Crippen LogP contribution in [-0.2, 0) is 0 Å². The summed E-state index contributed by atoms with van der Waals surface area (Å²) in [5.41, 5.74) is 2.89. The summed E-state index contributed by atoms with van der Waals surface area (Å²) in [7, 11) is 0. The van der Waals surface area contributed by atoms with Crippen LogP contribution >= 0.6 is 0 Å². The molecule has 2 nitrogen and oxygen atoms in total. The van der Waals surface area contributed by atoms with Crippen molar-refractivity contribution in [3.8, 4) is 0 Å². The molecule has 1 heterocycles. The highest BCUT2D eigenvalue weighted by molar-refractivity contribution is 5.95. The van der Waals surface area contributed by atoms with Gasteiger partial charge in [-0.1, -0.05) is 48.5 Å². The molecule has 0 atom stereocenters. The van der Waals surface area contributed by atoms with Crippen LogP contribution < -0.4 is 0 Å². The molecular formula is C19H15NO. The lowest BCUT2D eigenvalue weighted by Gasteiger charge is -2.17. The van der Waals surface area contributed by atoms with Crippen LogP contribution in [-0.4, -0.2) is 10.8 Å². The van der Waals surface area contributed by atoms with Gasteiger partial charge >= 0.3 is 0 Å². The molecule has 2 aromatic carbocycles. The van der Waals surface area contributed by atoms with Crippen molar-refractivity contribution in [1.82, 2.24) is 4.90 Å². The van der Waals surface area contributed by atoms with Crippen molar-refractivity contribution in [2.45, 2.75) is 0 Å². The summed E-state index contributed by atoms with van der Waals surface area (Å²) < 4.78 is 0. The molecule has 0 fully saturated rings. The summed E-state index contributed by atoms with van der Waals surface area (Å²) in [6, 6.07) is 19.4. The lowest BCUT2D eigenvalue weighted by atomic mass is 10.1. The zero-order valence-electron chi connectivity index (χ0n) is 11.5. The van der Waals surface area contributed by atoms with Gasteiger partial charge in [0.1, 0.15) is 0 Å². The third-order valence-electron chi connectivity index (χ3n) is 3.24. The van der Waals surface area contributed by atoms with E-state index in [9.17, 15) is 4.79 Å².